The summed E-state index contributed by atoms with van der Waals surface area (Å²) in [5, 5.41) is 6.69. The van der Waals surface area contributed by atoms with Gasteiger partial charge in [0, 0.05) is 38.1 Å². The Kier molecular flexibility index (Phi) is 7.77. The van der Waals surface area contributed by atoms with Gasteiger partial charge < -0.3 is 15.2 Å². The standard InChI is InChI=1S/C15H29N5/c1-5-13(3)19-15(16-6-2)18-9-7-8-11-20-12-10-17-14(20)4/h10,12-13H,5-9,11H2,1-4H3,(H2,16,18,19). The number of rotatable bonds is 8. The Morgan fingerprint density at radius 3 is 2.80 bits per heavy atom. The third kappa shape index (κ3) is 6.08. The first-order chi connectivity index (χ1) is 9.67. The van der Waals surface area contributed by atoms with Crippen molar-refractivity contribution in [2.45, 2.75) is 59.5 Å². The van der Waals surface area contributed by atoms with E-state index in [1.807, 2.05) is 19.3 Å². The maximum atomic E-state index is 4.61. The van der Waals surface area contributed by atoms with Gasteiger partial charge in [-0.2, -0.15) is 0 Å². The van der Waals surface area contributed by atoms with E-state index in [2.05, 4.69) is 45.9 Å². The molecule has 20 heavy (non-hydrogen) atoms. The fraction of sp³-hybridized carbons (Fsp3) is 0.733. The van der Waals surface area contributed by atoms with Gasteiger partial charge in [0.2, 0.25) is 0 Å². The van der Waals surface area contributed by atoms with Crippen molar-refractivity contribution in [2.24, 2.45) is 4.99 Å². The van der Waals surface area contributed by atoms with Crippen molar-refractivity contribution in [3.63, 3.8) is 0 Å². The van der Waals surface area contributed by atoms with Gasteiger partial charge in [0.15, 0.2) is 5.96 Å². The molecule has 2 N–H and O–H groups in total. The smallest absolute Gasteiger partial charge is 0.191 e. The zero-order valence-electron chi connectivity index (χ0n) is 13.3. The van der Waals surface area contributed by atoms with Crippen molar-refractivity contribution in [1.82, 2.24) is 20.2 Å². The highest BCUT2D eigenvalue weighted by atomic mass is 15.2. The van der Waals surface area contributed by atoms with E-state index in [1.165, 1.54) is 0 Å². The molecule has 0 aliphatic heterocycles. The molecule has 1 heterocycles. The molecule has 0 saturated carbocycles. The van der Waals surface area contributed by atoms with Gasteiger partial charge in [0.25, 0.3) is 0 Å². The highest BCUT2D eigenvalue weighted by Crippen LogP contribution is 2.00. The molecule has 0 amide bonds. The molecule has 114 valence electrons. The number of imidazole rings is 1. The number of hydrogen-bond donors (Lipinski definition) is 2. The highest BCUT2D eigenvalue weighted by Gasteiger charge is 2.02. The molecular formula is C15H29N5. The molecule has 0 saturated heterocycles. The van der Waals surface area contributed by atoms with Crippen LogP contribution >= 0.6 is 0 Å². The monoisotopic (exact) mass is 279 g/mol. The molecule has 0 radical (unpaired) electrons. The van der Waals surface area contributed by atoms with E-state index >= 15 is 0 Å². The van der Waals surface area contributed by atoms with Gasteiger partial charge in [-0.05, 0) is 40.0 Å². The van der Waals surface area contributed by atoms with Crippen LogP contribution in [0.4, 0.5) is 0 Å². The summed E-state index contributed by atoms with van der Waals surface area (Å²) < 4.78 is 2.19. The number of unbranched alkanes of at least 4 members (excludes halogenated alkanes) is 1. The fourth-order valence-corrected chi connectivity index (χ4v) is 1.88. The molecule has 5 nitrogen and oxygen atoms in total. The maximum Gasteiger partial charge on any atom is 0.191 e. The van der Waals surface area contributed by atoms with Crippen LogP contribution < -0.4 is 10.6 Å². The summed E-state index contributed by atoms with van der Waals surface area (Å²) in [5.41, 5.74) is 0. The van der Waals surface area contributed by atoms with Crippen molar-refractivity contribution in [3.05, 3.63) is 18.2 Å². The topological polar surface area (TPSA) is 54.2 Å². The van der Waals surface area contributed by atoms with E-state index in [1.54, 1.807) is 0 Å². The van der Waals surface area contributed by atoms with E-state index in [0.717, 1.165) is 50.7 Å². The van der Waals surface area contributed by atoms with Crippen LogP contribution in [-0.4, -0.2) is 34.6 Å². The number of aryl methyl sites for hydroxylation is 2. The number of guanidine groups is 1. The summed E-state index contributed by atoms with van der Waals surface area (Å²) in [6, 6.07) is 0.460. The number of nitrogens with zero attached hydrogens (tertiary/aromatic N) is 3. The van der Waals surface area contributed by atoms with Gasteiger partial charge in [-0.1, -0.05) is 6.92 Å². The van der Waals surface area contributed by atoms with Gasteiger partial charge in [0.1, 0.15) is 5.82 Å². The van der Waals surface area contributed by atoms with Gasteiger partial charge >= 0.3 is 0 Å². The number of nitrogens with one attached hydrogen (secondary N) is 2. The molecule has 0 bridgehead atoms. The summed E-state index contributed by atoms with van der Waals surface area (Å²) in [6.45, 7) is 11.3. The Bertz CT molecular complexity index is 397. The first-order valence-electron chi connectivity index (χ1n) is 7.70. The van der Waals surface area contributed by atoms with Crippen molar-refractivity contribution in [3.8, 4) is 0 Å². The zero-order chi connectivity index (χ0) is 14.8. The Morgan fingerprint density at radius 1 is 1.40 bits per heavy atom. The SMILES string of the molecule is CCNC(=NCCCCn1ccnc1C)NC(C)CC. The normalized spacial score (nSPS) is 13.3. The number of aromatic nitrogens is 2. The van der Waals surface area contributed by atoms with Crippen LogP contribution in [0, 0.1) is 6.92 Å². The summed E-state index contributed by atoms with van der Waals surface area (Å²) in [6.07, 6.45) is 7.21. The van der Waals surface area contributed by atoms with Crippen LogP contribution in [0.3, 0.4) is 0 Å². The van der Waals surface area contributed by atoms with Crippen LogP contribution in [0.25, 0.3) is 0 Å². The molecule has 0 aromatic carbocycles. The minimum Gasteiger partial charge on any atom is -0.357 e. The third-order valence-corrected chi connectivity index (χ3v) is 3.34. The Morgan fingerprint density at radius 2 is 2.20 bits per heavy atom. The third-order valence-electron chi connectivity index (χ3n) is 3.34. The molecule has 5 heteroatoms. The lowest BCUT2D eigenvalue weighted by Crippen LogP contribution is -2.42. The lowest BCUT2D eigenvalue weighted by Gasteiger charge is -2.16. The first kappa shape index (κ1) is 16.5. The van der Waals surface area contributed by atoms with E-state index in [0.29, 0.717) is 6.04 Å². The van der Waals surface area contributed by atoms with E-state index in [-0.39, 0.29) is 0 Å². The van der Waals surface area contributed by atoms with Gasteiger partial charge in [-0.15, -0.1) is 0 Å². The zero-order valence-corrected chi connectivity index (χ0v) is 13.3. The largest absolute Gasteiger partial charge is 0.357 e. The van der Waals surface area contributed by atoms with E-state index in [9.17, 15) is 0 Å². The Labute approximate surface area is 122 Å². The summed E-state index contributed by atoms with van der Waals surface area (Å²) in [7, 11) is 0. The molecule has 1 aromatic rings. The van der Waals surface area contributed by atoms with Crippen LogP contribution in [0.15, 0.2) is 17.4 Å². The lowest BCUT2D eigenvalue weighted by molar-refractivity contribution is 0.595. The maximum absolute atomic E-state index is 4.61. The van der Waals surface area contributed by atoms with Crippen molar-refractivity contribution in [1.29, 1.82) is 0 Å². The van der Waals surface area contributed by atoms with Gasteiger partial charge in [-0.3, -0.25) is 4.99 Å². The first-order valence-corrected chi connectivity index (χ1v) is 7.70. The fourth-order valence-electron chi connectivity index (χ4n) is 1.88. The molecular weight excluding hydrogens is 250 g/mol. The second-order valence-electron chi connectivity index (χ2n) is 5.09. The lowest BCUT2D eigenvalue weighted by atomic mass is 10.3. The molecule has 0 aliphatic rings. The van der Waals surface area contributed by atoms with Gasteiger partial charge in [-0.25, -0.2) is 4.98 Å². The molecule has 1 atom stereocenters. The minimum absolute atomic E-state index is 0.460. The second-order valence-corrected chi connectivity index (χ2v) is 5.09. The molecule has 0 fully saturated rings. The Hall–Kier alpha value is -1.52. The second kappa shape index (κ2) is 9.39. The highest BCUT2D eigenvalue weighted by molar-refractivity contribution is 5.79. The van der Waals surface area contributed by atoms with E-state index < -0.39 is 0 Å². The Balaban J connectivity index is 2.27. The molecule has 1 aromatic heterocycles. The van der Waals surface area contributed by atoms with Crippen LogP contribution in [0.2, 0.25) is 0 Å². The molecule has 1 unspecified atom stereocenters. The van der Waals surface area contributed by atoms with Crippen LogP contribution in [0.5, 0.6) is 0 Å². The van der Waals surface area contributed by atoms with Crippen molar-refractivity contribution < 1.29 is 0 Å². The summed E-state index contributed by atoms with van der Waals surface area (Å²) in [5.74, 6) is 2.01. The summed E-state index contributed by atoms with van der Waals surface area (Å²) in [4.78, 5) is 8.84. The average Bonchev–Trinajstić information content (AvgIpc) is 2.84. The quantitative estimate of drug-likeness (QED) is 0.436. The number of hydrogen-bond acceptors (Lipinski definition) is 2. The molecule has 0 spiro atoms. The summed E-state index contributed by atoms with van der Waals surface area (Å²) >= 11 is 0. The van der Waals surface area contributed by atoms with Gasteiger partial charge in [0.05, 0.1) is 0 Å². The van der Waals surface area contributed by atoms with E-state index in [4.69, 9.17) is 0 Å². The predicted molar refractivity (Wildman–Crippen MR) is 85.1 cm³/mol. The molecule has 0 aliphatic carbocycles. The average molecular weight is 279 g/mol. The number of aliphatic imine (C=N–C) groups is 1. The van der Waals surface area contributed by atoms with Crippen LogP contribution in [0.1, 0.15) is 45.9 Å². The molecule has 1 rings (SSSR count). The van der Waals surface area contributed by atoms with Crippen molar-refractivity contribution >= 4 is 5.96 Å². The van der Waals surface area contributed by atoms with Crippen molar-refractivity contribution in [2.75, 3.05) is 13.1 Å². The predicted octanol–water partition coefficient (Wildman–Crippen LogP) is 2.33. The van der Waals surface area contributed by atoms with Crippen LogP contribution in [-0.2, 0) is 6.54 Å². The minimum atomic E-state index is 0.460.